The van der Waals surface area contributed by atoms with Crippen molar-refractivity contribution in [2.75, 3.05) is 26.3 Å². The highest BCUT2D eigenvalue weighted by Crippen LogP contribution is 2.22. The van der Waals surface area contributed by atoms with Gasteiger partial charge in [0.1, 0.15) is 5.54 Å². The minimum atomic E-state index is -0.890. The fourth-order valence-electron chi connectivity index (χ4n) is 2.12. The van der Waals surface area contributed by atoms with Gasteiger partial charge in [0.05, 0.1) is 13.2 Å². The van der Waals surface area contributed by atoms with Crippen LogP contribution in [0.1, 0.15) is 12.5 Å². The Kier molecular flexibility index (Phi) is 3.96. The molecule has 0 spiro atoms. The van der Waals surface area contributed by atoms with E-state index in [0.29, 0.717) is 26.3 Å². The number of ether oxygens (including phenoxy) is 1. The van der Waals surface area contributed by atoms with Gasteiger partial charge in [-0.1, -0.05) is 30.3 Å². The van der Waals surface area contributed by atoms with E-state index in [1.165, 1.54) is 0 Å². The van der Waals surface area contributed by atoms with Gasteiger partial charge in [-0.3, -0.25) is 10.6 Å². The molecule has 0 aromatic heterocycles. The molecule has 18 heavy (non-hydrogen) atoms. The van der Waals surface area contributed by atoms with Crippen molar-refractivity contribution < 1.29 is 9.53 Å². The molecule has 5 nitrogen and oxygen atoms in total. The number of carbonyl (C=O) groups is 1. The maximum Gasteiger partial charge on any atom is 0.248 e. The number of hydrogen-bond donors (Lipinski definition) is 2. The lowest BCUT2D eigenvalue weighted by molar-refractivity contribution is -0.142. The highest BCUT2D eigenvalue weighted by Gasteiger charge is 2.37. The first-order valence-electron chi connectivity index (χ1n) is 6.09. The third-order valence-electron chi connectivity index (χ3n) is 3.37. The molecule has 0 radical (unpaired) electrons. The van der Waals surface area contributed by atoms with Crippen LogP contribution in [0.25, 0.3) is 0 Å². The van der Waals surface area contributed by atoms with Crippen LogP contribution in [0.4, 0.5) is 0 Å². The zero-order chi connectivity index (χ0) is 13.0. The largest absolute Gasteiger partial charge is 0.378 e. The summed E-state index contributed by atoms with van der Waals surface area (Å²) in [5.74, 6) is 5.60. The minimum absolute atomic E-state index is 0.0144. The molecule has 1 atom stereocenters. The predicted octanol–water partition coefficient (Wildman–Crippen LogP) is 0.224. The van der Waals surface area contributed by atoms with Gasteiger partial charge in [-0.05, 0) is 12.5 Å². The summed E-state index contributed by atoms with van der Waals surface area (Å²) < 4.78 is 5.26. The Morgan fingerprint density at radius 2 is 1.94 bits per heavy atom. The van der Waals surface area contributed by atoms with E-state index in [4.69, 9.17) is 10.6 Å². The second kappa shape index (κ2) is 5.48. The van der Waals surface area contributed by atoms with E-state index in [1.807, 2.05) is 30.3 Å². The van der Waals surface area contributed by atoms with Crippen LogP contribution >= 0.6 is 0 Å². The van der Waals surface area contributed by atoms with Crippen LogP contribution in [0.2, 0.25) is 0 Å². The van der Waals surface area contributed by atoms with Crippen molar-refractivity contribution in [1.29, 1.82) is 0 Å². The van der Waals surface area contributed by atoms with E-state index in [0.717, 1.165) is 5.56 Å². The summed E-state index contributed by atoms with van der Waals surface area (Å²) in [5.41, 5.74) is 2.63. The third kappa shape index (κ3) is 2.38. The molecular weight excluding hydrogens is 230 g/mol. The Morgan fingerprint density at radius 3 is 2.50 bits per heavy atom. The van der Waals surface area contributed by atoms with Gasteiger partial charge in [0.25, 0.3) is 0 Å². The van der Waals surface area contributed by atoms with Gasteiger partial charge in [-0.25, -0.2) is 5.43 Å². The molecule has 1 aromatic carbocycles. The van der Waals surface area contributed by atoms with Crippen molar-refractivity contribution in [2.24, 2.45) is 5.84 Å². The van der Waals surface area contributed by atoms with Crippen LogP contribution in [0.3, 0.4) is 0 Å². The lowest BCUT2D eigenvalue weighted by Gasteiger charge is -2.36. The molecule has 0 bridgehead atoms. The van der Waals surface area contributed by atoms with Crippen molar-refractivity contribution in [3.05, 3.63) is 35.9 Å². The average Bonchev–Trinajstić information content (AvgIpc) is 2.47. The highest BCUT2D eigenvalue weighted by molar-refractivity contribution is 5.87. The highest BCUT2D eigenvalue weighted by atomic mass is 16.5. The van der Waals surface area contributed by atoms with Crippen LogP contribution in [-0.2, 0) is 15.1 Å². The summed E-state index contributed by atoms with van der Waals surface area (Å²) in [6, 6.07) is 9.52. The number of nitrogens with zero attached hydrogens (tertiary/aromatic N) is 1. The van der Waals surface area contributed by atoms with Gasteiger partial charge in [-0.15, -0.1) is 0 Å². The summed E-state index contributed by atoms with van der Waals surface area (Å²) in [7, 11) is 0. The molecule has 0 unspecified atom stereocenters. The molecule has 5 heteroatoms. The molecule has 1 heterocycles. The molecule has 2 rings (SSSR count). The van der Waals surface area contributed by atoms with Gasteiger partial charge in [0.15, 0.2) is 0 Å². The fourth-order valence-corrected chi connectivity index (χ4v) is 2.12. The Morgan fingerprint density at radius 1 is 1.33 bits per heavy atom. The summed E-state index contributed by atoms with van der Waals surface area (Å²) in [4.78, 5) is 14.4. The molecule has 1 fully saturated rings. The number of hydrazine groups is 1. The number of amides is 1. The van der Waals surface area contributed by atoms with E-state index < -0.39 is 5.54 Å². The standard InChI is InChI=1S/C13H19N3O2/c1-13(15-14,11-5-3-2-4-6-11)12(17)16-7-9-18-10-8-16/h2-6,15H,7-10,14H2,1H3/t13-/m0/s1. The quantitative estimate of drug-likeness (QED) is 0.594. The van der Waals surface area contributed by atoms with Crippen LogP contribution < -0.4 is 11.3 Å². The molecule has 1 aliphatic heterocycles. The summed E-state index contributed by atoms with van der Waals surface area (Å²) in [6.07, 6.45) is 0. The fraction of sp³-hybridized carbons (Fsp3) is 0.462. The zero-order valence-corrected chi connectivity index (χ0v) is 10.6. The van der Waals surface area contributed by atoms with Crippen molar-refractivity contribution in [3.8, 4) is 0 Å². The minimum Gasteiger partial charge on any atom is -0.378 e. The topological polar surface area (TPSA) is 67.6 Å². The molecule has 3 N–H and O–H groups in total. The van der Waals surface area contributed by atoms with Gasteiger partial charge in [0.2, 0.25) is 5.91 Å². The third-order valence-corrected chi connectivity index (χ3v) is 3.37. The van der Waals surface area contributed by atoms with Gasteiger partial charge in [0, 0.05) is 13.1 Å². The molecule has 1 saturated heterocycles. The van der Waals surface area contributed by atoms with Crippen LogP contribution in [0, 0.1) is 0 Å². The number of carbonyl (C=O) groups excluding carboxylic acids is 1. The molecule has 1 amide bonds. The molecular formula is C13H19N3O2. The predicted molar refractivity (Wildman–Crippen MR) is 68.5 cm³/mol. The first-order valence-corrected chi connectivity index (χ1v) is 6.09. The van der Waals surface area contributed by atoms with Crippen LogP contribution in [-0.4, -0.2) is 37.1 Å². The van der Waals surface area contributed by atoms with Gasteiger partial charge >= 0.3 is 0 Å². The Hall–Kier alpha value is -1.43. The first kappa shape index (κ1) is 13.0. The van der Waals surface area contributed by atoms with E-state index in [9.17, 15) is 4.79 Å². The monoisotopic (exact) mass is 249 g/mol. The Labute approximate surface area is 107 Å². The lowest BCUT2D eigenvalue weighted by Crippen LogP contribution is -2.58. The SMILES string of the molecule is C[C@@](NN)(C(=O)N1CCOCC1)c1ccccc1. The number of hydrogen-bond acceptors (Lipinski definition) is 4. The average molecular weight is 249 g/mol. The van der Waals surface area contributed by atoms with Crippen molar-refractivity contribution >= 4 is 5.91 Å². The van der Waals surface area contributed by atoms with Gasteiger partial charge in [-0.2, -0.15) is 0 Å². The summed E-state index contributed by atoms with van der Waals surface area (Å²) in [6.45, 7) is 4.20. The molecule has 0 aliphatic carbocycles. The normalized spacial score (nSPS) is 19.3. The zero-order valence-electron chi connectivity index (χ0n) is 10.6. The Bertz CT molecular complexity index is 404. The molecule has 1 aliphatic rings. The van der Waals surface area contributed by atoms with Crippen molar-refractivity contribution in [1.82, 2.24) is 10.3 Å². The van der Waals surface area contributed by atoms with E-state index in [2.05, 4.69) is 5.43 Å². The van der Waals surface area contributed by atoms with Crippen LogP contribution in [0.5, 0.6) is 0 Å². The summed E-state index contributed by atoms with van der Waals surface area (Å²) in [5, 5.41) is 0. The number of nitrogens with two attached hydrogens (primary N) is 1. The number of morpholine rings is 1. The molecule has 0 saturated carbocycles. The van der Waals surface area contributed by atoms with E-state index in [-0.39, 0.29) is 5.91 Å². The smallest absolute Gasteiger partial charge is 0.248 e. The lowest BCUT2D eigenvalue weighted by atomic mass is 9.91. The first-order chi connectivity index (χ1) is 8.68. The van der Waals surface area contributed by atoms with Crippen molar-refractivity contribution in [3.63, 3.8) is 0 Å². The number of rotatable bonds is 3. The maximum absolute atomic E-state index is 12.6. The molecule has 98 valence electrons. The second-order valence-electron chi connectivity index (χ2n) is 4.54. The van der Waals surface area contributed by atoms with Crippen molar-refractivity contribution in [2.45, 2.75) is 12.5 Å². The second-order valence-corrected chi connectivity index (χ2v) is 4.54. The van der Waals surface area contributed by atoms with Gasteiger partial charge < -0.3 is 9.64 Å². The summed E-state index contributed by atoms with van der Waals surface area (Å²) >= 11 is 0. The van der Waals surface area contributed by atoms with E-state index in [1.54, 1.807) is 11.8 Å². The number of benzene rings is 1. The number of nitrogens with one attached hydrogen (secondary N) is 1. The van der Waals surface area contributed by atoms with E-state index >= 15 is 0 Å². The maximum atomic E-state index is 12.6. The molecule has 1 aromatic rings. The van der Waals surface area contributed by atoms with Crippen LogP contribution in [0.15, 0.2) is 30.3 Å². The Balaban J connectivity index is 2.23.